The summed E-state index contributed by atoms with van der Waals surface area (Å²) in [6.45, 7) is 0. The Balaban J connectivity index is 1.31. The van der Waals surface area contributed by atoms with Gasteiger partial charge in [0.1, 0.15) is 5.82 Å². The number of methoxy groups -OCH3 is 2. The van der Waals surface area contributed by atoms with E-state index in [0.29, 0.717) is 50.9 Å². The van der Waals surface area contributed by atoms with Crippen LogP contribution in [-0.4, -0.2) is 34.9 Å². The molecule has 0 saturated heterocycles. The van der Waals surface area contributed by atoms with Gasteiger partial charge in [0.15, 0.2) is 22.4 Å². The van der Waals surface area contributed by atoms with Gasteiger partial charge in [-0.1, -0.05) is 36.0 Å². The molecule has 0 aliphatic rings. The van der Waals surface area contributed by atoms with Gasteiger partial charge in [-0.3, -0.25) is 9.36 Å². The zero-order chi connectivity index (χ0) is 26.5. The molecule has 0 unspecified atom stereocenters. The van der Waals surface area contributed by atoms with Crippen LogP contribution in [-0.2, 0) is 5.75 Å². The average molecular weight is 531 g/mol. The fraction of sp³-hybridized carbons (Fsp3) is 0.107. The molecule has 5 rings (SSSR count). The van der Waals surface area contributed by atoms with E-state index in [1.807, 2.05) is 12.1 Å². The number of hydrogen-bond donors (Lipinski definition) is 1. The Morgan fingerprint density at radius 2 is 1.76 bits per heavy atom. The first-order chi connectivity index (χ1) is 18.6. The van der Waals surface area contributed by atoms with E-state index in [4.69, 9.17) is 13.9 Å². The Morgan fingerprint density at radius 3 is 2.47 bits per heavy atom. The van der Waals surface area contributed by atoms with Crippen LogP contribution in [0.5, 0.6) is 11.5 Å². The van der Waals surface area contributed by atoms with Crippen molar-refractivity contribution in [2.45, 2.75) is 10.9 Å². The van der Waals surface area contributed by atoms with Crippen molar-refractivity contribution in [2.24, 2.45) is 0 Å². The first kappa shape index (κ1) is 25.1. The van der Waals surface area contributed by atoms with E-state index in [9.17, 15) is 9.18 Å². The Kier molecular flexibility index (Phi) is 7.41. The summed E-state index contributed by atoms with van der Waals surface area (Å²) in [6, 6.07) is 22.3. The van der Waals surface area contributed by atoms with E-state index in [2.05, 4.69) is 15.5 Å². The largest absolute Gasteiger partial charge is 0.493 e. The summed E-state index contributed by atoms with van der Waals surface area (Å²) >= 11 is 1.40. The Bertz CT molecular complexity index is 1550. The number of nitrogens with zero attached hydrogens (tertiary/aromatic N) is 3. The molecular formula is C28H23FN4O4S. The standard InChI is InChI=1S/C28H23FN4O4S/c1-35-23-14-13-20(16-25(23)36-2)30-27(34)19-11-9-18(10-12-19)17-38-28-32-31-26(24-8-5-15-37-24)33(28)22-7-4-3-6-21(22)29/h3-16H,17H2,1-2H3,(H,30,34). The number of ether oxygens (including phenoxy) is 2. The maximum absolute atomic E-state index is 14.7. The second kappa shape index (κ2) is 11.2. The topological polar surface area (TPSA) is 91.4 Å². The molecule has 2 aromatic heterocycles. The summed E-state index contributed by atoms with van der Waals surface area (Å²) in [6.07, 6.45) is 1.53. The fourth-order valence-corrected chi connectivity index (χ4v) is 4.70. The number of carbonyl (C=O) groups is 1. The smallest absolute Gasteiger partial charge is 0.255 e. The molecule has 38 heavy (non-hydrogen) atoms. The third-order valence-corrected chi connectivity index (χ3v) is 6.69. The van der Waals surface area contributed by atoms with Crippen LogP contribution in [0, 0.1) is 5.82 Å². The van der Waals surface area contributed by atoms with Gasteiger partial charge in [-0.05, 0) is 54.1 Å². The van der Waals surface area contributed by atoms with Crippen LogP contribution in [0.3, 0.4) is 0 Å². The molecule has 5 aromatic rings. The lowest BCUT2D eigenvalue weighted by atomic mass is 10.1. The van der Waals surface area contributed by atoms with E-state index in [1.165, 1.54) is 31.2 Å². The number of anilines is 1. The van der Waals surface area contributed by atoms with E-state index in [0.717, 1.165) is 5.56 Å². The highest BCUT2D eigenvalue weighted by molar-refractivity contribution is 7.98. The number of amides is 1. The van der Waals surface area contributed by atoms with Crippen LogP contribution in [0.15, 0.2) is 94.7 Å². The predicted octanol–water partition coefficient (Wildman–Crippen LogP) is 6.23. The number of benzene rings is 3. The third kappa shape index (κ3) is 5.25. The minimum atomic E-state index is -0.396. The zero-order valence-electron chi connectivity index (χ0n) is 20.6. The molecule has 1 N–H and O–H groups in total. The van der Waals surface area contributed by atoms with Crippen LogP contribution < -0.4 is 14.8 Å². The quantitative estimate of drug-likeness (QED) is 0.226. The molecule has 0 radical (unpaired) electrons. The van der Waals surface area contributed by atoms with Crippen molar-refractivity contribution >= 4 is 23.4 Å². The molecule has 0 aliphatic carbocycles. The van der Waals surface area contributed by atoms with E-state index < -0.39 is 5.82 Å². The molecule has 2 heterocycles. The summed E-state index contributed by atoms with van der Waals surface area (Å²) in [7, 11) is 3.09. The molecule has 0 fully saturated rings. The van der Waals surface area contributed by atoms with Crippen molar-refractivity contribution in [1.82, 2.24) is 14.8 Å². The number of halogens is 1. The van der Waals surface area contributed by atoms with Crippen molar-refractivity contribution in [3.05, 3.63) is 102 Å². The molecule has 0 atom stereocenters. The first-order valence-corrected chi connectivity index (χ1v) is 12.5. The molecule has 192 valence electrons. The maximum Gasteiger partial charge on any atom is 0.255 e. The van der Waals surface area contributed by atoms with E-state index >= 15 is 0 Å². The van der Waals surface area contributed by atoms with Crippen molar-refractivity contribution in [3.63, 3.8) is 0 Å². The van der Waals surface area contributed by atoms with Crippen LogP contribution in [0.25, 0.3) is 17.3 Å². The number of carbonyl (C=O) groups excluding carboxylic acids is 1. The molecular weight excluding hydrogens is 507 g/mol. The molecule has 0 aliphatic heterocycles. The maximum atomic E-state index is 14.7. The molecule has 10 heteroatoms. The normalized spacial score (nSPS) is 10.8. The van der Waals surface area contributed by atoms with E-state index in [-0.39, 0.29) is 5.91 Å². The predicted molar refractivity (Wildman–Crippen MR) is 143 cm³/mol. The summed E-state index contributed by atoms with van der Waals surface area (Å²) in [5, 5.41) is 11.9. The molecule has 1 amide bonds. The summed E-state index contributed by atoms with van der Waals surface area (Å²) in [5.74, 6) is 1.88. The highest BCUT2D eigenvalue weighted by Crippen LogP contribution is 2.32. The van der Waals surface area contributed by atoms with Crippen molar-refractivity contribution in [1.29, 1.82) is 0 Å². The fourth-order valence-electron chi connectivity index (χ4n) is 3.80. The number of para-hydroxylation sites is 1. The van der Waals surface area contributed by atoms with Crippen LogP contribution >= 0.6 is 11.8 Å². The number of aromatic nitrogens is 3. The van der Waals surface area contributed by atoms with Gasteiger partial charge in [-0.2, -0.15) is 0 Å². The van der Waals surface area contributed by atoms with Gasteiger partial charge < -0.3 is 19.2 Å². The van der Waals surface area contributed by atoms with E-state index in [1.54, 1.807) is 72.3 Å². The highest BCUT2D eigenvalue weighted by atomic mass is 32.2. The molecule has 0 spiro atoms. The van der Waals surface area contributed by atoms with Crippen molar-refractivity contribution in [2.75, 3.05) is 19.5 Å². The van der Waals surface area contributed by atoms with Gasteiger partial charge in [-0.25, -0.2) is 4.39 Å². The Hall–Kier alpha value is -4.57. The zero-order valence-corrected chi connectivity index (χ0v) is 21.4. The minimum absolute atomic E-state index is 0.251. The van der Waals surface area contributed by atoms with Gasteiger partial charge in [0.05, 0.1) is 26.2 Å². The third-order valence-electron chi connectivity index (χ3n) is 5.69. The number of thioether (sulfide) groups is 1. The number of hydrogen-bond acceptors (Lipinski definition) is 7. The van der Waals surface area contributed by atoms with Crippen molar-refractivity contribution in [3.8, 4) is 28.8 Å². The second-order valence-electron chi connectivity index (χ2n) is 8.08. The average Bonchev–Trinajstić information content (AvgIpc) is 3.62. The summed E-state index contributed by atoms with van der Waals surface area (Å²) in [4.78, 5) is 12.8. The molecule has 8 nitrogen and oxygen atoms in total. The lowest BCUT2D eigenvalue weighted by Gasteiger charge is -2.11. The lowest BCUT2D eigenvalue weighted by Crippen LogP contribution is -2.12. The van der Waals surface area contributed by atoms with Gasteiger partial charge in [-0.15, -0.1) is 10.2 Å². The van der Waals surface area contributed by atoms with Crippen LogP contribution in [0.2, 0.25) is 0 Å². The lowest BCUT2D eigenvalue weighted by molar-refractivity contribution is 0.102. The van der Waals surface area contributed by atoms with Crippen molar-refractivity contribution < 1.29 is 23.1 Å². The molecule has 0 saturated carbocycles. The second-order valence-corrected chi connectivity index (χ2v) is 9.02. The highest BCUT2D eigenvalue weighted by Gasteiger charge is 2.20. The van der Waals surface area contributed by atoms with Gasteiger partial charge in [0.25, 0.3) is 5.91 Å². The summed E-state index contributed by atoms with van der Waals surface area (Å²) in [5.41, 5.74) is 2.38. The van der Waals surface area contributed by atoms with Crippen LogP contribution in [0.1, 0.15) is 15.9 Å². The Morgan fingerprint density at radius 1 is 0.974 bits per heavy atom. The van der Waals surface area contributed by atoms with Gasteiger partial charge >= 0.3 is 0 Å². The summed E-state index contributed by atoms with van der Waals surface area (Å²) < 4.78 is 32.4. The molecule has 0 bridgehead atoms. The van der Waals surface area contributed by atoms with Crippen LogP contribution in [0.4, 0.5) is 10.1 Å². The SMILES string of the molecule is COc1ccc(NC(=O)c2ccc(CSc3nnc(-c4ccco4)n3-c3ccccc3F)cc2)cc1OC. The molecule has 3 aromatic carbocycles. The number of nitrogens with one attached hydrogen (secondary N) is 1. The van der Waals surface area contributed by atoms with Gasteiger partial charge in [0, 0.05) is 23.1 Å². The monoisotopic (exact) mass is 530 g/mol. The Labute approximate surface area is 222 Å². The number of furan rings is 1. The first-order valence-electron chi connectivity index (χ1n) is 11.6. The van der Waals surface area contributed by atoms with Gasteiger partial charge in [0.2, 0.25) is 5.82 Å². The number of rotatable bonds is 9. The minimum Gasteiger partial charge on any atom is -0.493 e.